The van der Waals surface area contributed by atoms with Crippen LogP contribution >= 0.6 is 0 Å². The topological polar surface area (TPSA) is 84.9 Å². The van der Waals surface area contributed by atoms with E-state index >= 15 is 0 Å². The predicted octanol–water partition coefficient (Wildman–Crippen LogP) is 3.55. The van der Waals surface area contributed by atoms with E-state index in [0.717, 1.165) is 51.4 Å². The first kappa shape index (κ1) is 20.0. The molecule has 0 radical (unpaired) electrons. The lowest BCUT2D eigenvalue weighted by Gasteiger charge is -2.59. The van der Waals surface area contributed by atoms with Crippen LogP contribution in [0.5, 0.6) is 0 Å². The average molecular weight is 394 g/mol. The number of fused-ring (bicyclic) bond motifs is 3. The lowest BCUT2D eigenvalue weighted by atomic mass is 9.46. The number of ether oxygens (including phenoxy) is 2. The third-order valence-corrected chi connectivity index (χ3v) is 8.50. The lowest BCUT2D eigenvalue weighted by molar-refractivity contribution is -0.175. The summed E-state index contributed by atoms with van der Waals surface area (Å²) in [6.45, 7) is 4.30. The fraction of sp³-hybridized carbons (Fsp3) is 0.909. The number of esters is 1. The first-order chi connectivity index (χ1) is 13.4. The third-order valence-electron chi connectivity index (χ3n) is 8.50. The van der Waals surface area contributed by atoms with Gasteiger partial charge in [-0.1, -0.05) is 33.1 Å². The van der Waals surface area contributed by atoms with Crippen LogP contribution in [0.15, 0.2) is 0 Å². The number of carbonyl (C=O) groups is 2. The summed E-state index contributed by atoms with van der Waals surface area (Å²) in [5.74, 6) is 0.330. The summed E-state index contributed by atoms with van der Waals surface area (Å²) in [5, 5.41) is 13.4. The number of rotatable bonds is 3. The molecule has 0 aromatic heterocycles. The Labute approximate surface area is 167 Å². The average Bonchev–Trinajstić information content (AvgIpc) is 3.07. The van der Waals surface area contributed by atoms with Gasteiger partial charge < -0.3 is 19.9 Å². The van der Waals surface area contributed by atoms with E-state index in [1.165, 1.54) is 6.42 Å². The van der Waals surface area contributed by atoms with E-state index in [4.69, 9.17) is 9.47 Å². The van der Waals surface area contributed by atoms with Crippen LogP contribution in [0.2, 0.25) is 0 Å². The van der Waals surface area contributed by atoms with Crippen molar-refractivity contribution >= 4 is 12.1 Å². The van der Waals surface area contributed by atoms with Gasteiger partial charge in [0.25, 0.3) is 0 Å². The largest absolute Gasteiger partial charge is 0.462 e. The number of hydrogen-bond donors (Lipinski definition) is 2. The molecule has 1 saturated heterocycles. The third kappa shape index (κ3) is 3.31. The van der Waals surface area contributed by atoms with Crippen molar-refractivity contribution in [2.45, 2.75) is 96.3 Å². The second kappa shape index (κ2) is 7.51. The standard InChI is InChI=1S/C22H35NO5/c1-21-11-10-18(28-20(26)23-14-6-4-3-5-7-14)22(2,13-24)17(21)9-8-16-15(21)12-19(25)27-16/h14-18,24H,3-13H2,1-2H3,(H,23,26). The van der Waals surface area contributed by atoms with Gasteiger partial charge in [-0.2, -0.15) is 0 Å². The Morgan fingerprint density at radius 3 is 2.64 bits per heavy atom. The molecule has 0 aromatic rings. The zero-order valence-corrected chi connectivity index (χ0v) is 17.2. The van der Waals surface area contributed by atoms with Crippen LogP contribution < -0.4 is 5.32 Å². The van der Waals surface area contributed by atoms with Gasteiger partial charge in [-0.05, 0) is 49.9 Å². The van der Waals surface area contributed by atoms with Crippen molar-refractivity contribution in [1.29, 1.82) is 0 Å². The number of alkyl carbamates (subject to hydrolysis) is 1. The Morgan fingerprint density at radius 2 is 1.93 bits per heavy atom. The zero-order chi connectivity index (χ0) is 19.9. The molecule has 0 bridgehead atoms. The van der Waals surface area contributed by atoms with Crippen molar-refractivity contribution in [2.24, 2.45) is 22.7 Å². The highest BCUT2D eigenvalue weighted by Gasteiger charge is 2.62. The van der Waals surface area contributed by atoms with Crippen LogP contribution in [-0.2, 0) is 14.3 Å². The van der Waals surface area contributed by atoms with Gasteiger partial charge in [0.1, 0.15) is 12.2 Å². The molecule has 2 N–H and O–H groups in total. The molecule has 6 atom stereocenters. The van der Waals surface area contributed by atoms with Gasteiger partial charge in [-0.25, -0.2) is 4.79 Å². The van der Waals surface area contributed by atoms with E-state index in [0.29, 0.717) is 6.42 Å². The maximum Gasteiger partial charge on any atom is 0.407 e. The van der Waals surface area contributed by atoms with Crippen molar-refractivity contribution in [3.8, 4) is 0 Å². The summed E-state index contributed by atoms with van der Waals surface area (Å²) in [6.07, 6.45) is 8.82. The Morgan fingerprint density at radius 1 is 1.18 bits per heavy atom. The number of aliphatic hydroxyl groups is 1. The molecule has 6 heteroatoms. The minimum absolute atomic E-state index is 0.0131. The minimum atomic E-state index is -0.493. The van der Waals surface area contributed by atoms with Gasteiger partial charge in [0.05, 0.1) is 13.0 Å². The molecule has 4 aliphatic rings. The van der Waals surface area contributed by atoms with Crippen LogP contribution in [0.1, 0.15) is 78.1 Å². The molecule has 0 aromatic carbocycles. The van der Waals surface area contributed by atoms with E-state index in [9.17, 15) is 14.7 Å². The molecule has 6 unspecified atom stereocenters. The highest BCUT2D eigenvalue weighted by molar-refractivity contribution is 5.72. The molecule has 4 fully saturated rings. The van der Waals surface area contributed by atoms with Gasteiger partial charge >= 0.3 is 12.1 Å². The van der Waals surface area contributed by atoms with Gasteiger partial charge in [-0.15, -0.1) is 0 Å². The molecular formula is C22H35NO5. The Balaban J connectivity index is 1.47. The second-order valence-electron chi connectivity index (χ2n) is 10.1. The predicted molar refractivity (Wildman–Crippen MR) is 104 cm³/mol. The molecule has 28 heavy (non-hydrogen) atoms. The van der Waals surface area contributed by atoms with E-state index < -0.39 is 5.41 Å². The summed E-state index contributed by atoms with van der Waals surface area (Å²) in [6, 6.07) is 0.215. The smallest absolute Gasteiger partial charge is 0.407 e. The fourth-order valence-electron chi connectivity index (χ4n) is 6.87. The molecule has 1 amide bonds. The van der Waals surface area contributed by atoms with Crippen molar-refractivity contribution in [3.05, 3.63) is 0 Å². The van der Waals surface area contributed by atoms with Crippen molar-refractivity contribution in [2.75, 3.05) is 6.61 Å². The first-order valence-corrected chi connectivity index (χ1v) is 11.1. The molecule has 3 aliphatic carbocycles. The SMILES string of the molecule is CC1(CO)C(OC(=O)NC2CCCCC2)CCC2(C)C3CC(=O)OC3CCC12. The first-order valence-electron chi connectivity index (χ1n) is 11.1. The van der Waals surface area contributed by atoms with Crippen molar-refractivity contribution < 1.29 is 24.2 Å². The van der Waals surface area contributed by atoms with Crippen LogP contribution in [0.25, 0.3) is 0 Å². The molecule has 6 nitrogen and oxygen atoms in total. The molecule has 158 valence electrons. The highest BCUT2D eigenvalue weighted by Crippen LogP contribution is 2.62. The summed E-state index contributed by atoms with van der Waals surface area (Å²) < 4.78 is 11.5. The molecule has 3 saturated carbocycles. The van der Waals surface area contributed by atoms with Crippen LogP contribution in [0.3, 0.4) is 0 Å². The van der Waals surface area contributed by atoms with Gasteiger partial charge in [0.15, 0.2) is 0 Å². The molecular weight excluding hydrogens is 358 g/mol. The van der Waals surface area contributed by atoms with Crippen LogP contribution in [0, 0.1) is 22.7 Å². The van der Waals surface area contributed by atoms with E-state index in [-0.39, 0.29) is 54.2 Å². The Bertz CT molecular complexity index is 618. The quantitative estimate of drug-likeness (QED) is 0.716. The number of aliphatic hydroxyl groups excluding tert-OH is 1. The van der Waals surface area contributed by atoms with Gasteiger partial charge in [-0.3, -0.25) is 4.79 Å². The Hall–Kier alpha value is -1.30. The Kier molecular flexibility index (Phi) is 5.36. The van der Waals surface area contributed by atoms with Gasteiger partial charge in [0.2, 0.25) is 0 Å². The van der Waals surface area contributed by atoms with E-state index in [1.807, 2.05) is 0 Å². The maximum atomic E-state index is 12.6. The van der Waals surface area contributed by atoms with Crippen molar-refractivity contribution in [3.63, 3.8) is 0 Å². The van der Waals surface area contributed by atoms with E-state index in [1.54, 1.807) is 0 Å². The number of carbonyl (C=O) groups excluding carboxylic acids is 2. The highest BCUT2D eigenvalue weighted by atomic mass is 16.6. The number of nitrogens with one attached hydrogen (secondary N) is 1. The number of amides is 1. The molecule has 0 spiro atoms. The monoisotopic (exact) mass is 393 g/mol. The molecule has 1 aliphatic heterocycles. The zero-order valence-electron chi connectivity index (χ0n) is 17.2. The molecule has 4 rings (SSSR count). The summed E-state index contributed by atoms with van der Waals surface area (Å²) in [5.41, 5.74) is -0.556. The summed E-state index contributed by atoms with van der Waals surface area (Å²) in [7, 11) is 0. The normalized spacial score (nSPS) is 43.6. The molecule has 1 heterocycles. The van der Waals surface area contributed by atoms with E-state index in [2.05, 4.69) is 19.2 Å². The second-order valence-corrected chi connectivity index (χ2v) is 10.1. The van der Waals surface area contributed by atoms with Crippen LogP contribution in [0.4, 0.5) is 4.79 Å². The maximum absolute atomic E-state index is 12.6. The lowest BCUT2D eigenvalue weighted by Crippen LogP contribution is -2.60. The summed E-state index contributed by atoms with van der Waals surface area (Å²) in [4.78, 5) is 24.5. The number of hydrogen-bond acceptors (Lipinski definition) is 5. The fourth-order valence-corrected chi connectivity index (χ4v) is 6.87. The minimum Gasteiger partial charge on any atom is -0.462 e. The van der Waals surface area contributed by atoms with Gasteiger partial charge in [0, 0.05) is 17.4 Å². The van der Waals surface area contributed by atoms with Crippen molar-refractivity contribution in [1.82, 2.24) is 5.32 Å². The summed E-state index contributed by atoms with van der Waals surface area (Å²) >= 11 is 0. The van der Waals surface area contributed by atoms with Crippen LogP contribution in [-0.4, -0.2) is 42.0 Å².